The normalized spacial score (nSPS) is 17.8. The second-order valence-electron chi connectivity index (χ2n) is 4.08. The van der Waals surface area contributed by atoms with E-state index in [9.17, 15) is 5.11 Å². The molecule has 1 aliphatic rings. The summed E-state index contributed by atoms with van der Waals surface area (Å²) in [5.41, 5.74) is 1.15. The lowest BCUT2D eigenvalue weighted by Crippen LogP contribution is -2.24. The van der Waals surface area contributed by atoms with Gasteiger partial charge in [-0.05, 0) is 12.8 Å². The first-order valence-electron chi connectivity index (χ1n) is 5.38. The maximum absolute atomic E-state index is 9.37. The molecular weight excluding hydrogens is 208 g/mol. The largest absolute Gasteiger partial charge is 0.394 e. The van der Waals surface area contributed by atoms with Gasteiger partial charge in [0.1, 0.15) is 6.07 Å². The first kappa shape index (κ1) is 11.0. The van der Waals surface area contributed by atoms with Gasteiger partial charge in [0.2, 0.25) is 0 Å². The molecule has 0 aliphatic heterocycles. The van der Waals surface area contributed by atoms with E-state index in [0.29, 0.717) is 11.6 Å². The molecule has 1 aliphatic carbocycles. The molecule has 86 valence electrons. The van der Waals surface area contributed by atoms with E-state index in [2.05, 4.69) is 10.3 Å². The SMILES string of the molecule is N#Cc1nnn(CC(O)CO)c1C1CCC1. The van der Waals surface area contributed by atoms with Crippen molar-refractivity contribution in [1.82, 2.24) is 15.0 Å². The Morgan fingerprint density at radius 1 is 1.56 bits per heavy atom. The topological polar surface area (TPSA) is 95.0 Å². The molecule has 0 radical (unpaired) electrons. The van der Waals surface area contributed by atoms with E-state index in [4.69, 9.17) is 10.4 Å². The van der Waals surface area contributed by atoms with Crippen molar-refractivity contribution in [3.63, 3.8) is 0 Å². The lowest BCUT2D eigenvalue weighted by molar-refractivity contribution is 0.0763. The van der Waals surface area contributed by atoms with Crippen LogP contribution in [0.15, 0.2) is 0 Å². The molecule has 2 N–H and O–H groups in total. The van der Waals surface area contributed by atoms with Crippen LogP contribution in [-0.2, 0) is 6.54 Å². The number of hydrogen-bond acceptors (Lipinski definition) is 5. The molecular formula is C10H14N4O2. The van der Waals surface area contributed by atoms with Gasteiger partial charge in [-0.2, -0.15) is 5.26 Å². The predicted molar refractivity (Wildman–Crippen MR) is 54.4 cm³/mol. The number of nitrogens with zero attached hydrogens (tertiary/aromatic N) is 4. The van der Waals surface area contributed by atoms with Crippen LogP contribution in [0.2, 0.25) is 0 Å². The number of nitriles is 1. The Bertz CT molecular complexity index is 405. The average molecular weight is 222 g/mol. The first-order valence-corrected chi connectivity index (χ1v) is 5.38. The Hall–Kier alpha value is -1.45. The quantitative estimate of drug-likeness (QED) is 0.733. The standard InChI is InChI=1S/C10H14N4O2/c11-4-9-10(7-2-1-3-7)14(13-12-9)5-8(16)6-15/h7-8,15-16H,1-3,5-6H2. The molecule has 0 aromatic carbocycles. The Labute approximate surface area is 93.1 Å². The van der Waals surface area contributed by atoms with Gasteiger partial charge >= 0.3 is 0 Å². The van der Waals surface area contributed by atoms with Crippen molar-refractivity contribution < 1.29 is 10.2 Å². The van der Waals surface area contributed by atoms with Gasteiger partial charge in [0.15, 0.2) is 5.69 Å². The highest BCUT2D eigenvalue weighted by Gasteiger charge is 2.28. The summed E-state index contributed by atoms with van der Waals surface area (Å²) in [7, 11) is 0. The predicted octanol–water partition coefficient (Wildman–Crippen LogP) is -0.230. The van der Waals surface area contributed by atoms with E-state index >= 15 is 0 Å². The minimum Gasteiger partial charge on any atom is -0.394 e. The summed E-state index contributed by atoms with van der Waals surface area (Å²) in [5, 5.41) is 34.7. The zero-order valence-corrected chi connectivity index (χ0v) is 8.87. The molecule has 0 spiro atoms. The molecule has 1 aromatic rings. The molecule has 1 heterocycles. The van der Waals surface area contributed by atoms with Crippen LogP contribution in [0.3, 0.4) is 0 Å². The van der Waals surface area contributed by atoms with Crippen LogP contribution in [-0.4, -0.2) is 37.9 Å². The summed E-state index contributed by atoms with van der Waals surface area (Å²) >= 11 is 0. The van der Waals surface area contributed by atoms with Gasteiger partial charge in [-0.25, -0.2) is 4.68 Å². The molecule has 2 rings (SSSR count). The highest BCUT2D eigenvalue weighted by Crippen LogP contribution is 2.37. The lowest BCUT2D eigenvalue weighted by Gasteiger charge is -2.26. The van der Waals surface area contributed by atoms with Crippen molar-refractivity contribution >= 4 is 0 Å². The summed E-state index contributed by atoms with van der Waals surface area (Å²) in [5.74, 6) is 0.329. The summed E-state index contributed by atoms with van der Waals surface area (Å²) in [6, 6.07) is 2.02. The number of aliphatic hydroxyl groups is 2. The summed E-state index contributed by atoms with van der Waals surface area (Å²) in [4.78, 5) is 0. The monoisotopic (exact) mass is 222 g/mol. The van der Waals surface area contributed by atoms with Crippen molar-refractivity contribution in [1.29, 1.82) is 5.26 Å². The summed E-state index contributed by atoms with van der Waals surface area (Å²) in [6.07, 6.45) is 2.38. The van der Waals surface area contributed by atoms with Crippen LogP contribution in [0.4, 0.5) is 0 Å². The third-order valence-electron chi connectivity index (χ3n) is 2.97. The third-order valence-corrected chi connectivity index (χ3v) is 2.97. The number of aliphatic hydroxyl groups excluding tert-OH is 2. The minimum absolute atomic E-state index is 0.191. The van der Waals surface area contributed by atoms with Crippen LogP contribution in [0.1, 0.15) is 36.6 Å². The van der Waals surface area contributed by atoms with Crippen molar-refractivity contribution in [2.24, 2.45) is 0 Å². The Kier molecular flexibility index (Phi) is 3.17. The molecule has 6 nitrogen and oxygen atoms in total. The van der Waals surface area contributed by atoms with Gasteiger partial charge in [-0.1, -0.05) is 11.6 Å². The van der Waals surface area contributed by atoms with E-state index in [1.54, 1.807) is 4.68 Å². The van der Waals surface area contributed by atoms with Crippen molar-refractivity contribution in [3.05, 3.63) is 11.4 Å². The molecule has 0 saturated heterocycles. The number of rotatable bonds is 4. The van der Waals surface area contributed by atoms with Gasteiger partial charge in [0, 0.05) is 5.92 Å². The molecule has 6 heteroatoms. The van der Waals surface area contributed by atoms with E-state index in [1.807, 2.05) is 6.07 Å². The summed E-state index contributed by atoms with van der Waals surface area (Å²) < 4.78 is 1.54. The van der Waals surface area contributed by atoms with Gasteiger partial charge < -0.3 is 10.2 Å². The lowest BCUT2D eigenvalue weighted by atomic mass is 9.82. The van der Waals surface area contributed by atoms with Crippen molar-refractivity contribution in [3.8, 4) is 6.07 Å². The molecule has 1 unspecified atom stereocenters. The van der Waals surface area contributed by atoms with Gasteiger partial charge in [-0.15, -0.1) is 5.10 Å². The molecule has 1 atom stereocenters. The molecule has 16 heavy (non-hydrogen) atoms. The third kappa shape index (κ3) is 1.92. The van der Waals surface area contributed by atoms with Gasteiger partial charge in [0.25, 0.3) is 0 Å². The second kappa shape index (κ2) is 4.60. The minimum atomic E-state index is -0.855. The van der Waals surface area contributed by atoms with Crippen LogP contribution in [0.5, 0.6) is 0 Å². The highest BCUT2D eigenvalue weighted by atomic mass is 16.3. The number of aromatic nitrogens is 3. The first-order chi connectivity index (χ1) is 7.76. The van der Waals surface area contributed by atoms with E-state index in [1.165, 1.54) is 0 Å². The smallest absolute Gasteiger partial charge is 0.186 e. The molecule has 1 saturated carbocycles. The van der Waals surface area contributed by atoms with Gasteiger partial charge in [0.05, 0.1) is 24.9 Å². The summed E-state index contributed by atoms with van der Waals surface area (Å²) in [6.45, 7) is -0.122. The average Bonchev–Trinajstić information content (AvgIpc) is 2.59. The Balaban J connectivity index is 2.23. The van der Waals surface area contributed by atoms with Crippen LogP contribution in [0.25, 0.3) is 0 Å². The molecule has 1 aromatic heterocycles. The maximum Gasteiger partial charge on any atom is 0.186 e. The highest BCUT2D eigenvalue weighted by molar-refractivity contribution is 5.29. The van der Waals surface area contributed by atoms with E-state index < -0.39 is 6.10 Å². The second-order valence-corrected chi connectivity index (χ2v) is 4.08. The maximum atomic E-state index is 9.37. The fourth-order valence-electron chi connectivity index (χ4n) is 1.88. The van der Waals surface area contributed by atoms with E-state index in [0.717, 1.165) is 25.0 Å². The van der Waals surface area contributed by atoms with Crippen molar-refractivity contribution in [2.45, 2.75) is 37.8 Å². The van der Waals surface area contributed by atoms with Gasteiger partial charge in [-0.3, -0.25) is 0 Å². The Morgan fingerprint density at radius 3 is 2.81 bits per heavy atom. The zero-order valence-electron chi connectivity index (χ0n) is 8.87. The molecule has 0 amide bonds. The Morgan fingerprint density at radius 2 is 2.31 bits per heavy atom. The van der Waals surface area contributed by atoms with Crippen LogP contribution in [0, 0.1) is 11.3 Å². The molecule has 0 bridgehead atoms. The van der Waals surface area contributed by atoms with Crippen LogP contribution >= 0.6 is 0 Å². The fraction of sp³-hybridized carbons (Fsp3) is 0.700. The van der Waals surface area contributed by atoms with Crippen molar-refractivity contribution in [2.75, 3.05) is 6.61 Å². The van der Waals surface area contributed by atoms with E-state index in [-0.39, 0.29) is 13.2 Å². The number of hydrogen-bond donors (Lipinski definition) is 2. The molecule has 1 fully saturated rings. The van der Waals surface area contributed by atoms with Crippen LogP contribution < -0.4 is 0 Å². The fourth-order valence-corrected chi connectivity index (χ4v) is 1.88. The zero-order chi connectivity index (χ0) is 11.5.